The first-order valence-electron chi connectivity index (χ1n) is 8.18. The van der Waals surface area contributed by atoms with Gasteiger partial charge in [-0.05, 0) is 60.7 Å². The average Bonchev–Trinajstić information content (AvgIpc) is 2.70. The summed E-state index contributed by atoms with van der Waals surface area (Å²) in [6.07, 6.45) is 1.58. The molecule has 0 saturated heterocycles. The van der Waals surface area contributed by atoms with Gasteiger partial charge in [-0.25, -0.2) is 4.98 Å². The van der Waals surface area contributed by atoms with Crippen LogP contribution in [0.2, 0.25) is 5.02 Å². The molecule has 0 saturated carbocycles. The van der Waals surface area contributed by atoms with E-state index in [2.05, 4.69) is 15.6 Å². The lowest BCUT2D eigenvalue weighted by atomic mass is 10.3. The molecule has 138 valence electrons. The van der Waals surface area contributed by atoms with E-state index in [1.807, 2.05) is 24.3 Å². The Bertz CT molecular complexity index is 882. The molecule has 0 unspecified atom stereocenters. The van der Waals surface area contributed by atoms with Crippen LogP contribution in [0.3, 0.4) is 0 Å². The molecular formula is C20H18ClN3O3. The van der Waals surface area contributed by atoms with Crippen LogP contribution in [0.25, 0.3) is 0 Å². The Kier molecular flexibility index (Phi) is 6.12. The molecule has 7 heteroatoms. The van der Waals surface area contributed by atoms with Crippen molar-refractivity contribution in [3.05, 3.63) is 71.9 Å². The number of rotatable bonds is 7. The van der Waals surface area contributed by atoms with Crippen molar-refractivity contribution in [3.8, 4) is 11.5 Å². The largest absolute Gasteiger partial charge is 0.497 e. The van der Waals surface area contributed by atoms with Crippen LogP contribution in [-0.2, 0) is 4.79 Å². The molecule has 6 nitrogen and oxygen atoms in total. The van der Waals surface area contributed by atoms with Crippen molar-refractivity contribution in [1.82, 2.24) is 4.98 Å². The molecule has 2 N–H and O–H groups in total. The van der Waals surface area contributed by atoms with E-state index in [0.717, 1.165) is 11.4 Å². The lowest BCUT2D eigenvalue weighted by Crippen LogP contribution is -2.20. The van der Waals surface area contributed by atoms with Crippen molar-refractivity contribution in [2.45, 2.75) is 0 Å². The highest BCUT2D eigenvalue weighted by atomic mass is 35.5. The van der Waals surface area contributed by atoms with E-state index < -0.39 is 0 Å². The molecule has 1 aromatic heterocycles. The first-order chi connectivity index (χ1) is 13.1. The fourth-order valence-corrected chi connectivity index (χ4v) is 2.37. The van der Waals surface area contributed by atoms with Gasteiger partial charge < -0.3 is 20.1 Å². The molecule has 0 atom stereocenters. The van der Waals surface area contributed by atoms with Crippen LogP contribution >= 0.6 is 11.6 Å². The summed E-state index contributed by atoms with van der Waals surface area (Å²) in [5.74, 6) is 1.75. The molecule has 0 aliphatic rings. The maximum Gasteiger partial charge on any atom is 0.262 e. The second-order valence-corrected chi connectivity index (χ2v) is 6.01. The van der Waals surface area contributed by atoms with E-state index >= 15 is 0 Å². The number of ether oxygens (including phenoxy) is 2. The molecular weight excluding hydrogens is 366 g/mol. The Morgan fingerprint density at radius 1 is 0.963 bits per heavy atom. The average molecular weight is 384 g/mol. The van der Waals surface area contributed by atoms with Crippen LogP contribution in [0.5, 0.6) is 11.5 Å². The molecule has 1 amide bonds. The number of amides is 1. The van der Waals surface area contributed by atoms with Crippen molar-refractivity contribution < 1.29 is 14.3 Å². The zero-order valence-electron chi connectivity index (χ0n) is 14.6. The molecule has 0 aliphatic heterocycles. The summed E-state index contributed by atoms with van der Waals surface area (Å²) in [6, 6.07) is 17.9. The highest BCUT2D eigenvalue weighted by molar-refractivity contribution is 6.30. The number of halogens is 1. The number of carbonyl (C=O) groups is 1. The molecule has 3 rings (SSSR count). The second kappa shape index (κ2) is 8.91. The third kappa shape index (κ3) is 5.62. The van der Waals surface area contributed by atoms with Crippen molar-refractivity contribution in [3.63, 3.8) is 0 Å². The van der Waals surface area contributed by atoms with Gasteiger partial charge in [0.05, 0.1) is 19.0 Å². The smallest absolute Gasteiger partial charge is 0.262 e. The number of nitrogens with one attached hydrogen (secondary N) is 2. The second-order valence-electron chi connectivity index (χ2n) is 5.58. The summed E-state index contributed by atoms with van der Waals surface area (Å²) in [6.45, 7) is -0.104. The van der Waals surface area contributed by atoms with Gasteiger partial charge in [0.2, 0.25) is 0 Å². The molecule has 0 radical (unpaired) electrons. The highest BCUT2D eigenvalue weighted by Crippen LogP contribution is 2.19. The fraction of sp³-hybridized carbons (Fsp3) is 0.100. The third-order valence-electron chi connectivity index (χ3n) is 3.59. The van der Waals surface area contributed by atoms with Crippen molar-refractivity contribution >= 4 is 34.7 Å². The number of hydrogen-bond acceptors (Lipinski definition) is 5. The highest BCUT2D eigenvalue weighted by Gasteiger charge is 2.05. The Morgan fingerprint density at radius 3 is 2.26 bits per heavy atom. The number of anilines is 3. The lowest BCUT2D eigenvalue weighted by Gasteiger charge is -2.09. The first kappa shape index (κ1) is 18.5. The zero-order valence-corrected chi connectivity index (χ0v) is 15.4. The number of aromatic nitrogens is 1. The van der Waals surface area contributed by atoms with E-state index in [4.69, 9.17) is 21.1 Å². The van der Waals surface area contributed by atoms with Crippen molar-refractivity contribution in [2.24, 2.45) is 0 Å². The van der Waals surface area contributed by atoms with E-state index in [1.54, 1.807) is 49.7 Å². The molecule has 0 spiro atoms. The maximum atomic E-state index is 12.0. The van der Waals surface area contributed by atoms with Crippen LogP contribution < -0.4 is 20.1 Å². The summed E-state index contributed by atoms with van der Waals surface area (Å²) in [5.41, 5.74) is 1.47. The number of carbonyl (C=O) groups excluding carboxylic acids is 1. The first-order valence-corrected chi connectivity index (χ1v) is 8.55. The van der Waals surface area contributed by atoms with E-state index in [1.165, 1.54) is 0 Å². The number of benzene rings is 2. The number of pyridine rings is 1. The minimum atomic E-state index is -0.275. The van der Waals surface area contributed by atoms with Gasteiger partial charge in [-0.15, -0.1) is 0 Å². The summed E-state index contributed by atoms with van der Waals surface area (Å²) in [7, 11) is 1.62. The normalized spacial score (nSPS) is 10.1. The number of nitrogens with zero attached hydrogens (tertiary/aromatic N) is 1. The lowest BCUT2D eigenvalue weighted by molar-refractivity contribution is -0.118. The summed E-state index contributed by atoms with van der Waals surface area (Å²) >= 11 is 5.81. The topological polar surface area (TPSA) is 72.5 Å². The third-order valence-corrected chi connectivity index (χ3v) is 3.85. The monoisotopic (exact) mass is 383 g/mol. The Hall–Kier alpha value is -3.25. The Balaban J connectivity index is 1.50. The maximum absolute atomic E-state index is 12.0. The van der Waals surface area contributed by atoms with Crippen molar-refractivity contribution in [1.29, 1.82) is 0 Å². The predicted octanol–water partition coefficient (Wildman–Crippen LogP) is 4.50. The van der Waals surface area contributed by atoms with Gasteiger partial charge in [0, 0.05) is 10.7 Å². The van der Waals surface area contributed by atoms with E-state index in [-0.39, 0.29) is 12.5 Å². The molecule has 2 aromatic carbocycles. The minimum Gasteiger partial charge on any atom is -0.497 e. The van der Waals surface area contributed by atoms with Gasteiger partial charge in [0.25, 0.3) is 5.91 Å². The molecule has 0 aliphatic carbocycles. The van der Waals surface area contributed by atoms with Gasteiger partial charge >= 0.3 is 0 Å². The quantitative estimate of drug-likeness (QED) is 0.628. The number of methoxy groups -OCH3 is 1. The molecule has 3 aromatic rings. The van der Waals surface area contributed by atoms with Crippen LogP contribution in [0.1, 0.15) is 0 Å². The summed E-state index contributed by atoms with van der Waals surface area (Å²) in [4.78, 5) is 16.3. The molecule has 0 fully saturated rings. The summed E-state index contributed by atoms with van der Waals surface area (Å²) in [5, 5.41) is 6.52. The van der Waals surface area contributed by atoms with E-state index in [0.29, 0.717) is 22.3 Å². The van der Waals surface area contributed by atoms with Gasteiger partial charge in [0.15, 0.2) is 6.61 Å². The molecule has 1 heterocycles. The predicted molar refractivity (Wildman–Crippen MR) is 106 cm³/mol. The van der Waals surface area contributed by atoms with Crippen LogP contribution in [0, 0.1) is 0 Å². The van der Waals surface area contributed by atoms with Gasteiger partial charge in [-0.3, -0.25) is 4.79 Å². The minimum absolute atomic E-state index is 0.104. The Labute approximate surface area is 162 Å². The van der Waals surface area contributed by atoms with Crippen molar-refractivity contribution in [2.75, 3.05) is 24.4 Å². The van der Waals surface area contributed by atoms with Crippen LogP contribution in [0.15, 0.2) is 66.9 Å². The standard InChI is InChI=1S/C20H18ClN3O3/c1-26-17-9-4-15(5-10-17)23-19-11-6-16(12-22-19)24-20(25)13-27-18-7-2-14(21)3-8-18/h2-12H,13H2,1H3,(H,22,23)(H,24,25). The van der Waals surface area contributed by atoms with Crippen LogP contribution in [0.4, 0.5) is 17.2 Å². The fourth-order valence-electron chi connectivity index (χ4n) is 2.24. The van der Waals surface area contributed by atoms with Gasteiger partial charge in [0.1, 0.15) is 17.3 Å². The Morgan fingerprint density at radius 2 is 1.63 bits per heavy atom. The van der Waals surface area contributed by atoms with Crippen LogP contribution in [-0.4, -0.2) is 24.6 Å². The molecule has 27 heavy (non-hydrogen) atoms. The van der Waals surface area contributed by atoms with Gasteiger partial charge in [-0.2, -0.15) is 0 Å². The molecule has 0 bridgehead atoms. The summed E-state index contributed by atoms with van der Waals surface area (Å²) < 4.78 is 10.5. The SMILES string of the molecule is COc1ccc(Nc2ccc(NC(=O)COc3ccc(Cl)cc3)cn2)cc1. The van der Waals surface area contributed by atoms with Gasteiger partial charge in [-0.1, -0.05) is 11.6 Å². The zero-order chi connectivity index (χ0) is 19.1. The number of hydrogen-bond donors (Lipinski definition) is 2. The van der Waals surface area contributed by atoms with E-state index in [9.17, 15) is 4.79 Å².